The average molecular weight is 239 g/mol. The Morgan fingerprint density at radius 2 is 1.76 bits per heavy atom. The number of fused-ring (bicyclic) bond motifs is 1. The van der Waals surface area contributed by atoms with Crippen molar-refractivity contribution in [2.45, 2.75) is 45.6 Å². The number of hydrogen-bond donors (Lipinski definition) is 1. The third-order valence-electron chi connectivity index (χ3n) is 3.94. The molecule has 1 N–H and O–H groups in total. The fraction of sp³-hybridized carbons (Fsp3) is 0.846. The fourth-order valence-corrected chi connectivity index (χ4v) is 3.18. The summed E-state index contributed by atoms with van der Waals surface area (Å²) < 4.78 is 0. The predicted molar refractivity (Wildman–Crippen MR) is 63.0 cm³/mol. The topological polar surface area (TPSA) is 57.6 Å². The molecule has 1 heterocycles. The Balaban J connectivity index is 2.15. The number of hydrogen-bond acceptors (Lipinski definition) is 3. The molecule has 1 aliphatic carbocycles. The molecule has 1 saturated heterocycles. The van der Waals surface area contributed by atoms with E-state index in [0.29, 0.717) is 12.3 Å². The molecule has 1 aliphatic heterocycles. The molecular weight excluding hydrogens is 218 g/mol. The van der Waals surface area contributed by atoms with E-state index in [1.54, 1.807) is 0 Å². The molecule has 3 atom stereocenters. The van der Waals surface area contributed by atoms with Gasteiger partial charge in [0.15, 0.2) is 0 Å². The van der Waals surface area contributed by atoms with Crippen molar-refractivity contribution in [2.24, 2.45) is 17.8 Å². The third kappa shape index (κ3) is 2.10. The molecule has 3 unspecified atom stereocenters. The van der Waals surface area contributed by atoms with E-state index in [2.05, 4.69) is 0 Å². The van der Waals surface area contributed by atoms with E-state index in [1.807, 2.05) is 13.8 Å². The van der Waals surface area contributed by atoms with E-state index >= 15 is 0 Å². The van der Waals surface area contributed by atoms with Crippen molar-refractivity contribution in [3.63, 3.8) is 0 Å². The molecule has 2 aliphatic rings. The van der Waals surface area contributed by atoms with Gasteiger partial charge in [0.25, 0.3) is 0 Å². The summed E-state index contributed by atoms with van der Waals surface area (Å²) in [5.41, 5.74) is 0. The second kappa shape index (κ2) is 4.77. The molecule has 4 heteroatoms. The van der Waals surface area contributed by atoms with Crippen LogP contribution >= 0.6 is 0 Å². The minimum Gasteiger partial charge on any atom is -0.394 e. The standard InChI is InChI=1S/C13H21NO3/c1-8(2)6-9(7-15)14-12(16)10-4-3-5-11(10)13(14)17/h8-11,15H,3-7H2,1-2H3. The molecule has 2 fully saturated rings. The first-order valence-electron chi connectivity index (χ1n) is 6.54. The predicted octanol–water partition coefficient (Wildman–Crippen LogP) is 1.18. The number of carbonyl (C=O) groups is 2. The van der Waals surface area contributed by atoms with Crippen molar-refractivity contribution in [1.82, 2.24) is 4.90 Å². The molecule has 0 aromatic rings. The van der Waals surface area contributed by atoms with Crippen LogP contribution in [0, 0.1) is 17.8 Å². The summed E-state index contributed by atoms with van der Waals surface area (Å²) in [5, 5.41) is 9.39. The first kappa shape index (κ1) is 12.6. The van der Waals surface area contributed by atoms with Crippen LogP contribution in [0.25, 0.3) is 0 Å². The van der Waals surface area contributed by atoms with Crippen molar-refractivity contribution >= 4 is 11.8 Å². The highest BCUT2D eigenvalue weighted by Gasteiger charge is 2.51. The van der Waals surface area contributed by atoms with Gasteiger partial charge in [0.2, 0.25) is 11.8 Å². The minimum atomic E-state index is -0.319. The normalized spacial score (nSPS) is 30.2. The molecule has 1 saturated carbocycles. The zero-order valence-corrected chi connectivity index (χ0v) is 10.6. The van der Waals surface area contributed by atoms with E-state index in [9.17, 15) is 14.7 Å². The third-order valence-corrected chi connectivity index (χ3v) is 3.94. The summed E-state index contributed by atoms with van der Waals surface area (Å²) >= 11 is 0. The fourth-order valence-electron chi connectivity index (χ4n) is 3.18. The lowest BCUT2D eigenvalue weighted by Crippen LogP contribution is -2.44. The molecule has 0 spiro atoms. The minimum absolute atomic E-state index is 0.0443. The van der Waals surface area contributed by atoms with Crippen LogP contribution in [0.3, 0.4) is 0 Å². The summed E-state index contributed by atoms with van der Waals surface area (Å²) in [6.07, 6.45) is 3.35. The van der Waals surface area contributed by atoms with Crippen molar-refractivity contribution in [3.8, 4) is 0 Å². The Morgan fingerprint density at radius 1 is 1.24 bits per heavy atom. The van der Waals surface area contributed by atoms with Crippen molar-refractivity contribution in [3.05, 3.63) is 0 Å². The van der Waals surface area contributed by atoms with E-state index < -0.39 is 0 Å². The Morgan fingerprint density at radius 3 is 2.18 bits per heavy atom. The van der Waals surface area contributed by atoms with Gasteiger partial charge in [-0.1, -0.05) is 20.3 Å². The Bertz CT molecular complexity index is 305. The van der Waals surface area contributed by atoms with E-state index in [1.165, 1.54) is 4.90 Å². The molecule has 96 valence electrons. The molecule has 0 radical (unpaired) electrons. The van der Waals surface area contributed by atoms with Gasteiger partial charge in [-0.25, -0.2) is 0 Å². The lowest BCUT2D eigenvalue weighted by atomic mass is 10.00. The summed E-state index contributed by atoms with van der Waals surface area (Å²) in [6.45, 7) is 3.96. The first-order valence-corrected chi connectivity index (χ1v) is 6.54. The van der Waals surface area contributed by atoms with Gasteiger partial charge in [0.05, 0.1) is 24.5 Å². The summed E-state index contributed by atoms with van der Waals surface area (Å²) in [7, 11) is 0. The monoisotopic (exact) mass is 239 g/mol. The molecule has 2 amide bonds. The van der Waals surface area contributed by atoms with E-state index in [0.717, 1.165) is 19.3 Å². The number of imide groups is 1. The maximum atomic E-state index is 12.2. The second-order valence-electron chi connectivity index (χ2n) is 5.66. The van der Waals surface area contributed by atoms with Gasteiger partial charge >= 0.3 is 0 Å². The number of carbonyl (C=O) groups excluding carboxylic acids is 2. The largest absolute Gasteiger partial charge is 0.394 e. The number of aliphatic hydroxyl groups excluding tert-OH is 1. The molecule has 0 bridgehead atoms. The smallest absolute Gasteiger partial charge is 0.233 e. The Kier molecular flexibility index (Phi) is 3.52. The SMILES string of the molecule is CC(C)CC(CO)N1C(=O)C2CCCC2C1=O. The van der Waals surface area contributed by atoms with Crippen molar-refractivity contribution < 1.29 is 14.7 Å². The molecule has 4 nitrogen and oxygen atoms in total. The van der Waals surface area contributed by atoms with Gasteiger partial charge in [0, 0.05) is 0 Å². The average Bonchev–Trinajstić information content (AvgIpc) is 2.82. The lowest BCUT2D eigenvalue weighted by molar-refractivity contribution is -0.144. The number of rotatable bonds is 4. The summed E-state index contributed by atoms with van der Waals surface area (Å²) in [4.78, 5) is 25.7. The van der Waals surface area contributed by atoms with Crippen LogP contribution in [0.4, 0.5) is 0 Å². The summed E-state index contributed by atoms with van der Waals surface area (Å²) in [5.74, 6) is 0.0926. The van der Waals surface area contributed by atoms with Crippen LogP contribution in [0.5, 0.6) is 0 Å². The number of amides is 2. The zero-order chi connectivity index (χ0) is 12.6. The highest BCUT2D eigenvalue weighted by molar-refractivity contribution is 6.05. The van der Waals surface area contributed by atoms with Crippen molar-refractivity contribution in [1.29, 1.82) is 0 Å². The number of likely N-dealkylation sites (tertiary alicyclic amines) is 1. The van der Waals surface area contributed by atoms with Crippen LogP contribution in [0.2, 0.25) is 0 Å². The molecule has 0 aromatic carbocycles. The van der Waals surface area contributed by atoms with E-state index in [-0.39, 0.29) is 36.3 Å². The van der Waals surface area contributed by atoms with Gasteiger partial charge in [-0.15, -0.1) is 0 Å². The van der Waals surface area contributed by atoms with E-state index in [4.69, 9.17) is 0 Å². The van der Waals surface area contributed by atoms with Crippen LogP contribution < -0.4 is 0 Å². The van der Waals surface area contributed by atoms with Gasteiger partial charge < -0.3 is 5.11 Å². The van der Waals surface area contributed by atoms with Crippen LogP contribution in [-0.2, 0) is 9.59 Å². The van der Waals surface area contributed by atoms with Gasteiger partial charge in [-0.3, -0.25) is 14.5 Å². The van der Waals surface area contributed by atoms with Gasteiger partial charge in [-0.05, 0) is 25.2 Å². The molecule has 17 heavy (non-hydrogen) atoms. The quantitative estimate of drug-likeness (QED) is 0.749. The number of aliphatic hydroxyl groups is 1. The van der Waals surface area contributed by atoms with Crippen LogP contribution in [0.1, 0.15) is 39.5 Å². The molecule has 2 rings (SSSR count). The van der Waals surface area contributed by atoms with Crippen molar-refractivity contribution in [2.75, 3.05) is 6.61 Å². The maximum Gasteiger partial charge on any atom is 0.233 e. The highest BCUT2D eigenvalue weighted by atomic mass is 16.3. The van der Waals surface area contributed by atoms with Gasteiger partial charge in [-0.2, -0.15) is 0 Å². The van der Waals surface area contributed by atoms with Crippen LogP contribution in [-0.4, -0.2) is 34.5 Å². The lowest BCUT2D eigenvalue weighted by Gasteiger charge is -2.26. The second-order valence-corrected chi connectivity index (χ2v) is 5.66. The zero-order valence-electron chi connectivity index (χ0n) is 10.6. The maximum absolute atomic E-state index is 12.2. The Hall–Kier alpha value is -0.900. The molecule has 0 aromatic heterocycles. The highest BCUT2D eigenvalue weighted by Crippen LogP contribution is 2.40. The van der Waals surface area contributed by atoms with Crippen LogP contribution in [0.15, 0.2) is 0 Å². The first-order chi connectivity index (χ1) is 8.06. The molecular formula is C13H21NO3. The Labute approximate surface area is 102 Å². The van der Waals surface area contributed by atoms with Gasteiger partial charge in [0.1, 0.15) is 0 Å². The summed E-state index contributed by atoms with van der Waals surface area (Å²) in [6, 6.07) is -0.319. The number of nitrogens with zero attached hydrogens (tertiary/aromatic N) is 1.